The maximum atomic E-state index is 12.5. The number of amides is 2. The van der Waals surface area contributed by atoms with Crippen molar-refractivity contribution in [1.29, 1.82) is 0 Å². The number of hydrogen-bond acceptors (Lipinski definition) is 6. The highest BCUT2D eigenvalue weighted by atomic mass is 16.5. The summed E-state index contributed by atoms with van der Waals surface area (Å²) in [5.41, 5.74) is 5.01. The molecule has 30 heavy (non-hydrogen) atoms. The van der Waals surface area contributed by atoms with Gasteiger partial charge in [-0.2, -0.15) is 5.10 Å². The molecule has 0 radical (unpaired) electrons. The summed E-state index contributed by atoms with van der Waals surface area (Å²) in [4.78, 5) is 36.7. The van der Waals surface area contributed by atoms with Crippen LogP contribution in [0.4, 0.5) is 0 Å². The first-order valence-electron chi connectivity index (χ1n) is 8.91. The summed E-state index contributed by atoms with van der Waals surface area (Å²) in [7, 11) is 4.51. The topological polar surface area (TPSA) is 112 Å². The second kappa shape index (κ2) is 8.91. The molecule has 3 aromatic rings. The highest BCUT2D eigenvalue weighted by Crippen LogP contribution is 2.27. The average Bonchev–Trinajstić information content (AvgIpc) is 2.78. The number of carbonyl (C=O) groups excluding carboxylic acids is 2. The molecule has 0 spiro atoms. The van der Waals surface area contributed by atoms with Crippen molar-refractivity contribution in [2.24, 2.45) is 7.05 Å². The van der Waals surface area contributed by atoms with Crippen LogP contribution < -0.4 is 25.9 Å². The van der Waals surface area contributed by atoms with Gasteiger partial charge < -0.3 is 9.47 Å². The van der Waals surface area contributed by atoms with E-state index in [9.17, 15) is 14.4 Å². The molecule has 1 aromatic heterocycles. The van der Waals surface area contributed by atoms with E-state index in [4.69, 9.17) is 9.47 Å². The number of hydrogen-bond donors (Lipinski definition) is 2. The first kappa shape index (κ1) is 20.6. The van der Waals surface area contributed by atoms with Crippen molar-refractivity contribution in [3.63, 3.8) is 0 Å². The Kier molecular flexibility index (Phi) is 6.11. The fourth-order valence-electron chi connectivity index (χ4n) is 2.82. The summed E-state index contributed by atoms with van der Waals surface area (Å²) < 4.78 is 11.5. The molecule has 154 valence electrons. The van der Waals surface area contributed by atoms with Gasteiger partial charge >= 0.3 is 0 Å². The zero-order valence-electron chi connectivity index (χ0n) is 16.6. The van der Waals surface area contributed by atoms with E-state index in [1.54, 1.807) is 48.5 Å². The second-order valence-corrected chi connectivity index (χ2v) is 6.21. The fraction of sp³-hybridized carbons (Fsp3) is 0.143. The standard InChI is InChI=1S/C21H20N4O5/c1-25-21(28)15-7-5-4-6-14(15)19(24-25)20(27)23-22-18(26)11-9-13-8-10-16(29-2)17(12-13)30-3/h4-12H,1-3H3,(H,22,26)(H,23,27). The number of aromatic nitrogens is 2. The van der Waals surface area contributed by atoms with E-state index in [0.717, 1.165) is 4.68 Å². The predicted molar refractivity (Wildman–Crippen MR) is 111 cm³/mol. The van der Waals surface area contributed by atoms with E-state index in [0.29, 0.717) is 27.8 Å². The number of ether oxygens (including phenoxy) is 2. The van der Waals surface area contributed by atoms with Crippen LogP contribution >= 0.6 is 0 Å². The summed E-state index contributed by atoms with van der Waals surface area (Å²) >= 11 is 0. The normalized spacial score (nSPS) is 10.8. The van der Waals surface area contributed by atoms with Crippen molar-refractivity contribution in [3.05, 3.63) is 70.2 Å². The van der Waals surface area contributed by atoms with E-state index < -0.39 is 11.8 Å². The predicted octanol–water partition coefficient (Wildman–Crippen LogP) is 1.43. The molecular formula is C21H20N4O5. The molecule has 2 aromatic carbocycles. The first-order chi connectivity index (χ1) is 14.4. The summed E-state index contributed by atoms with van der Waals surface area (Å²) in [6.07, 6.45) is 2.82. The SMILES string of the molecule is COc1ccc(C=CC(=O)NNC(=O)c2nn(C)c(=O)c3ccccc23)cc1OC. The molecule has 0 atom stereocenters. The van der Waals surface area contributed by atoms with E-state index in [1.165, 1.54) is 27.3 Å². The van der Waals surface area contributed by atoms with Gasteiger partial charge in [-0.05, 0) is 29.8 Å². The third-order valence-electron chi connectivity index (χ3n) is 4.31. The van der Waals surface area contributed by atoms with E-state index in [-0.39, 0.29) is 11.3 Å². The number of carbonyl (C=O) groups is 2. The summed E-state index contributed by atoms with van der Waals surface area (Å²) in [6.45, 7) is 0. The highest BCUT2D eigenvalue weighted by Gasteiger charge is 2.15. The van der Waals surface area contributed by atoms with Gasteiger partial charge in [0.1, 0.15) is 0 Å². The summed E-state index contributed by atoms with van der Waals surface area (Å²) in [5.74, 6) is -0.0914. The molecule has 3 rings (SSSR count). The van der Waals surface area contributed by atoms with Crippen LogP contribution in [0, 0.1) is 0 Å². The molecule has 2 N–H and O–H groups in total. The number of rotatable bonds is 5. The molecule has 9 heteroatoms. The van der Waals surface area contributed by atoms with Gasteiger partial charge in [-0.15, -0.1) is 0 Å². The van der Waals surface area contributed by atoms with Crippen molar-refractivity contribution in [2.45, 2.75) is 0 Å². The number of benzene rings is 2. The molecule has 0 aliphatic rings. The van der Waals surface area contributed by atoms with E-state index >= 15 is 0 Å². The molecular weight excluding hydrogens is 388 g/mol. The van der Waals surface area contributed by atoms with Crippen LogP contribution in [0.2, 0.25) is 0 Å². The van der Waals surface area contributed by atoms with Crippen molar-refractivity contribution in [3.8, 4) is 11.5 Å². The Morgan fingerprint density at radius 1 is 1.00 bits per heavy atom. The Morgan fingerprint density at radius 3 is 2.40 bits per heavy atom. The van der Waals surface area contributed by atoms with Crippen LogP contribution in [0.25, 0.3) is 16.8 Å². The zero-order valence-corrected chi connectivity index (χ0v) is 16.6. The Bertz CT molecular complexity index is 1200. The van der Waals surface area contributed by atoms with Gasteiger partial charge in [0.25, 0.3) is 17.4 Å². The average molecular weight is 408 g/mol. The van der Waals surface area contributed by atoms with Gasteiger partial charge in [0, 0.05) is 18.5 Å². The molecule has 0 aliphatic heterocycles. The second-order valence-electron chi connectivity index (χ2n) is 6.21. The number of fused-ring (bicyclic) bond motifs is 1. The van der Waals surface area contributed by atoms with E-state index in [1.807, 2.05) is 0 Å². The monoisotopic (exact) mass is 408 g/mol. The molecule has 9 nitrogen and oxygen atoms in total. The Hall–Kier alpha value is -4.14. The van der Waals surface area contributed by atoms with Gasteiger partial charge in [0.15, 0.2) is 17.2 Å². The number of nitrogens with zero attached hydrogens (tertiary/aromatic N) is 2. The maximum Gasteiger partial charge on any atom is 0.290 e. The van der Waals surface area contributed by atoms with Crippen molar-refractivity contribution < 1.29 is 19.1 Å². The van der Waals surface area contributed by atoms with Gasteiger partial charge in [-0.25, -0.2) is 4.68 Å². The Balaban J connectivity index is 1.70. The molecule has 2 amide bonds. The highest BCUT2D eigenvalue weighted by molar-refractivity contribution is 6.05. The molecule has 0 bridgehead atoms. The van der Waals surface area contributed by atoms with Crippen LogP contribution in [-0.4, -0.2) is 35.8 Å². The number of nitrogens with one attached hydrogen (secondary N) is 2. The maximum absolute atomic E-state index is 12.5. The zero-order chi connectivity index (χ0) is 21.7. The first-order valence-corrected chi connectivity index (χ1v) is 8.91. The molecule has 0 fully saturated rings. The van der Waals surface area contributed by atoms with E-state index in [2.05, 4.69) is 16.0 Å². The van der Waals surface area contributed by atoms with Crippen molar-refractivity contribution in [2.75, 3.05) is 14.2 Å². The largest absolute Gasteiger partial charge is 0.493 e. The Labute approximate surface area is 171 Å². The number of aryl methyl sites for hydroxylation is 1. The molecule has 0 unspecified atom stereocenters. The lowest BCUT2D eigenvalue weighted by Crippen LogP contribution is -2.42. The van der Waals surface area contributed by atoms with Gasteiger partial charge in [-0.1, -0.05) is 24.3 Å². The van der Waals surface area contributed by atoms with Crippen LogP contribution in [0.1, 0.15) is 16.1 Å². The molecule has 0 aliphatic carbocycles. The van der Waals surface area contributed by atoms with Gasteiger partial charge in [0.05, 0.1) is 19.6 Å². The van der Waals surface area contributed by atoms with Crippen LogP contribution in [0.15, 0.2) is 53.3 Å². The lowest BCUT2D eigenvalue weighted by atomic mass is 10.1. The number of methoxy groups -OCH3 is 2. The number of hydrazine groups is 1. The Morgan fingerprint density at radius 2 is 1.70 bits per heavy atom. The lowest BCUT2D eigenvalue weighted by Gasteiger charge is -2.09. The quantitative estimate of drug-likeness (QED) is 0.488. The summed E-state index contributed by atoms with van der Waals surface area (Å²) in [6, 6.07) is 11.8. The summed E-state index contributed by atoms with van der Waals surface area (Å²) in [5, 5.41) is 4.76. The molecule has 1 heterocycles. The molecule has 0 saturated heterocycles. The van der Waals surface area contributed by atoms with Crippen molar-refractivity contribution >= 4 is 28.7 Å². The van der Waals surface area contributed by atoms with Crippen molar-refractivity contribution in [1.82, 2.24) is 20.6 Å². The third-order valence-corrected chi connectivity index (χ3v) is 4.31. The molecule has 0 saturated carbocycles. The van der Waals surface area contributed by atoms with Gasteiger partial charge in [-0.3, -0.25) is 25.2 Å². The fourth-order valence-corrected chi connectivity index (χ4v) is 2.82. The van der Waals surface area contributed by atoms with Crippen LogP contribution in [0.3, 0.4) is 0 Å². The minimum absolute atomic E-state index is 0.0249. The van der Waals surface area contributed by atoms with Crippen LogP contribution in [0.5, 0.6) is 11.5 Å². The minimum Gasteiger partial charge on any atom is -0.493 e. The van der Waals surface area contributed by atoms with Crippen LogP contribution in [-0.2, 0) is 11.8 Å². The van der Waals surface area contributed by atoms with Gasteiger partial charge in [0.2, 0.25) is 0 Å². The third kappa shape index (κ3) is 4.30. The lowest BCUT2D eigenvalue weighted by molar-refractivity contribution is -0.117. The minimum atomic E-state index is -0.644. The smallest absolute Gasteiger partial charge is 0.290 e.